The molecule has 4 rings (SSSR count). The Hall–Kier alpha value is -2.34. The summed E-state index contributed by atoms with van der Waals surface area (Å²) in [6, 6.07) is 7.13. The van der Waals surface area contributed by atoms with Gasteiger partial charge >= 0.3 is 0 Å². The van der Waals surface area contributed by atoms with E-state index in [9.17, 15) is 4.39 Å². The van der Waals surface area contributed by atoms with Crippen LogP contribution in [0.5, 0.6) is 0 Å². The Kier molecular flexibility index (Phi) is 3.98. The van der Waals surface area contributed by atoms with Gasteiger partial charge in [-0.25, -0.2) is 14.1 Å². The molecule has 5 nitrogen and oxygen atoms in total. The van der Waals surface area contributed by atoms with E-state index in [-0.39, 0.29) is 5.82 Å². The lowest BCUT2D eigenvalue weighted by atomic mass is 10.1. The maximum atomic E-state index is 13.8. The molecule has 1 aromatic carbocycles. The lowest BCUT2D eigenvalue weighted by Gasteiger charge is -2.23. The van der Waals surface area contributed by atoms with Gasteiger partial charge in [-0.15, -0.1) is 0 Å². The highest BCUT2D eigenvalue weighted by molar-refractivity contribution is 5.81. The third-order valence-electron chi connectivity index (χ3n) is 4.55. The van der Waals surface area contributed by atoms with Gasteiger partial charge in [0.05, 0.1) is 12.1 Å². The molecule has 2 aromatic heterocycles. The Morgan fingerprint density at radius 2 is 2.29 bits per heavy atom. The fraction of sp³-hybridized carbons (Fsp3) is 0.389. The fourth-order valence-corrected chi connectivity index (χ4v) is 3.29. The first-order valence-electron chi connectivity index (χ1n) is 8.42. The Morgan fingerprint density at radius 3 is 3.17 bits per heavy atom. The molecule has 1 N–H and O–H groups in total. The lowest BCUT2D eigenvalue weighted by molar-refractivity contribution is 0.357. The van der Waals surface area contributed by atoms with Crippen molar-refractivity contribution < 1.29 is 4.39 Å². The van der Waals surface area contributed by atoms with E-state index in [0.29, 0.717) is 12.6 Å². The smallest absolute Gasteiger partial charge is 0.150 e. The Labute approximate surface area is 139 Å². The zero-order valence-electron chi connectivity index (χ0n) is 13.7. The van der Waals surface area contributed by atoms with Gasteiger partial charge in [0, 0.05) is 37.0 Å². The minimum atomic E-state index is -0.220. The van der Waals surface area contributed by atoms with Gasteiger partial charge in [-0.2, -0.15) is 5.10 Å². The number of nitrogens with zero attached hydrogens (tertiary/aromatic N) is 4. The second-order valence-electron chi connectivity index (χ2n) is 6.24. The van der Waals surface area contributed by atoms with E-state index in [1.54, 1.807) is 12.3 Å². The molecule has 0 fully saturated rings. The van der Waals surface area contributed by atoms with Gasteiger partial charge < -0.3 is 5.32 Å². The second kappa shape index (κ2) is 6.28. The molecular weight excluding hydrogens is 305 g/mol. The van der Waals surface area contributed by atoms with Crippen LogP contribution >= 0.6 is 0 Å². The number of fused-ring (bicyclic) bond motifs is 2. The number of benzene rings is 1. The number of rotatable bonds is 4. The van der Waals surface area contributed by atoms with Crippen molar-refractivity contribution >= 4 is 10.9 Å². The highest BCUT2D eigenvalue weighted by Gasteiger charge is 2.21. The van der Waals surface area contributed by atoms with Crippen molar-refractivity contribution in [3.8, 4) is 0 Å². The first-order chi connectivity index (χ1) is 11.7. The second-order valence-corrected chi connectivity index (χ2v) is 6.24. The third-order valence-corrected chi connectivity index (χ3v) is 4.55. The molecule has 0 aliphatic carbocycles. The minimum absolute atomic E-state index is 0.220. The van der Waals surface area contributed by atoms with E-state index in [1.165, 1.54) is 6.07 Å². The highest BCUT2D eigenvalue weighted by Crippen LogP contribution is 2.19. The molecule has 3 heterocycles. The number of halogens is 1. The number of nitrogens with one attached hydrogen (secondary N) is 1. The normalized spacial score (nSPS) is 17.2. The maximum Gasteiger partial charge on any atom is 0.150 e. The molecule has 0 unspecified atom stereocenters. The highest BCUT2D eigenvalue weighted by atomic mass is 19.1. The van der Waals surface area contributed by atoms with Crippen LogP contribution in [-0.4, -0.2) is 25.8 Å². The number of hydrogen-bond donors (Lipinski definition) is 1. The molecule has 0 saturated carbocycles. The van der Waals surface area contributed by atoms with Crippen LogP contribution in [0.4, 0.5) is 4.39 Å². The zero-order valence-corrected chi connectivity index (χ0v) is 13.7. The van der Waals surface area contributed by atoms with Crippen LogP contribution in [-0.2, 0) is 25.9 Å². The minimum Gasteiger partial charge on any atom is -0.308 e. The molecule has 1 atom stereocenters. The van der Waals surface area contributed by atoms with Crippen LogP contribution in [0.25, 0.3) is 10.9 Å². The van der Waals surface area contributed by atoms with E-state index in [0.717, 1.165) is 53.9 Å². The topological polar surface area (TPSA) is 55.6 Å². The Morgan fingerprint density at radius 1 is 1.38 bits per heavy atom. The van der Waals surface area contributed by atoms with Gasteiger partial charge in [0.25, 0.3) is 0 Å². The summed E-state index contributed by atoms with van der Waals surface area (Å²) in [6.07, 6.45) is 4.55. The van der Waals surface area contributed by atoms with Gasteiger partial charge in [-0.05, 0) is 30.2 Å². The summed E-state index contributed by atoms with van der Waals surface area (Å²) < 4.78 is 15.8. The van der Waals surface area contributed by atoms with Crippen molar-refractivity contribution in [2.45, 2.75) is 45.3 Å². The molecule has 1 aliphatic heterocycles. The molecule has 0 bridgehead atoms. The van der Waals surface area contributed by atoms with Crippen molar-refractivity contribution in [1.29, 1.82) is 0 Å². The zero-order chi connectivity index (χ0) is 16.5. The molecular formula is C18H20FN5. The van der Waals surface area contributed by atoms with Gasteiger partial charge in [0.15, 0.2) is 5.82 Å². The van der Waals surface area contributed by atoms with Crippen molar-refractivity contribution in [2.75, 3.05) is 0 Å². The quantitative estimate of drug-likeness (QED) is 0.801. The molecule has 1 aliphatic rings. The van der Waals surface area contributed by atoms with Crippen LogP contribution in [0.15, 0.2) is 30.5 Å². The van der Waals surface area contributed by atoms with E-state index < -0.39 is 0 Å². The molecule has 3 aromatic rings. The van der Waals surface area contributed by atoms with Crippen molar-refractivity contribution in [3.63, 3.8) is 0 Å². The number of aryl methyl sites for hydroxylation is 2. The first-order valence-corrected chi connectivity index (χ1v) is 8.42. The van der Waals surface area contributed by atoms with Gasteiger partial charge in [-0.1, -0.05) is 13.0 Å². The number of aromatic nitrogens is 4. The summed E-state index contributed by atoms with van der Waals surface area (Å²) in [4.78, 5) is 8.94. The van der Waals surface area contributed by atoms with Crippen LogP contribution < -0.4 is 5.32 Å². The summed E-state index contributed by atoms with van der Waals surface area (Å²) >= 11 is 0. The standard InChI is InChI=1S/C18H20FN5/c1-2-16-22-17-6-5-15(11-24(17)23-16)21-10-13-9-14(19)8-12-4-3-7-20-18(12)13/h3-4,7-9,15,21H,2,5-6,10-11H2,1H3/t15-/m1/s1. The summed E-state index contributed by atoms with van der Waals surface area (Å²) in [5.41, 5.74) is 1.75. The predicted molar refractivity (Wildman–Crippen MR) is 90.0 cm³/mol. The molecule has 6 heteroatoms. The van der Waals surface area contributed by atoms with E-state index in [2.05, 4.69) is 27.3 Å². The van der Waals surface area contributed by atoms with Gasteiger partial charge in [-0.3, -0.25) is 4.98 Å². The monoisotopic (exact) mass is 325 g/mol. The molecule has 0 saturated heterocycles. The molecule has 124 valence electrons. The van der Waals surface area contributed by atoms with E-state index in [1.807, 2.05) is 16.8 Å². The molecule has 0 radical (unpaired) electrons. The van der Waals surface area contributed by atoms with Crippen LogP contribution in [0, 0.1) is 5.82 Å². The van der Waals surface area contributed by atoms with Crippen molar-refractivity contribution in [2.24, 2.45) is 0 Å². The third kappa shape index (κ3) is 2.89. The Balaban J connectivity index is 1.50. The lowest BCUT2D eigenvalue weighted by Crippen LogP contribution is -2.37. The van der Waals surface area contributed by atoms with Crippen molar-refractivity contribution in [1.82, 2.24) is 25.1 Å². The largest absolute Gasteiger partial charge is 0.308 e. The summed E-state index contributed by atoms with van der Waals surface area (Å²) in [5, 5.41) is 8.90. The van der Waals surface area contributed by atoms with Crippen LogP contribution in [0.2, 0.25) is 0 Å². The Bertz CT molecular complexity index is 873. The SMILES string of the molecule is CCc1nc2n(n1)C[C@H](NCc1cc(F)cc3cccnc13)CC2. The average Bonchev–Trinajstić information content (AvgIpc) is 3.02. The molecule has 24 heavy (non-hydrogen) atoms. The first kappa shape index (κ1) is 15.2. The van der Waals surface area contributed by atoms with Crippen LogP contribution in [0.3, 0.4) is 0 Å². The number of hydrogen-bond acceptors (Lipinski definition) is 4. The van der Waals surface area contributed by atoms with Gasteiger partial charge in [0.1, 0.15) is 11.6 Å². The maximum absolute atomic E-state index is 13.8. The van der Waals surface area contributed by atoms with E-state index in [4.69, 9.17) is 0 Å². The van der Waals surface area contributed by atoms with Crippen LogP contribution in [0.1, 0.15) is 30.6 Å². The summed E-state index contributed by atoms with van der Waals surface area (Å²) in [5.74, 6) is 1.76. The predicted octanol–water partition coefficient (Wildman–Crippen LogP) is 2.63. The molecule has 0 spiro atoms. The summed E-state index contributed by atoms with van der Waals surface area (Å²) in [6.45, 7) is 3.47. The fourth-order valence-electron chi connectivity index (χ4n) is 3.29. The van der Waals surface area contributed by atoms with Gasteiger partial charge in [0.2, 0.25) is 0 Å². The summed E-state index contributed by atoms with van der Waals surface area (Å²) in [7, 11) is 0. The number of pyridine rings is 1. The average molecular weight is 325 g/mol. The van der Waals surface area contributed by atoms with E-state index >= 15 is 0 Å². The van der Waals surface area contributed by atoms with Crippen molar-refractivity contribution in [3.05, 3.63) is 53.5 Å². The molecule has 0 amide bonds.